The third-order valence-electron chi connectivity index (χ3n) is 2.46. The maximum atomic E-state index is 11.3. The SMILES string of the molecule is CC(=O)c1[nH]c(-c2ccon2)c(C=O)c1C. The van der Waals surface area contributed by atoms with Gasteiger partial charge in [0, 0.05) is 18.6 Å². The number of Topliss-reactive ketones (excluding diaryl/α,β-unsaturated/α-hetero) is 1. The fourth-order valence-electron chi connectivity index (χ4n) is 1.65. The number of hydrogen-bond donors (Lipinski definition) is 1. The van der Waals surface area contributed by atoms with Crippen LogP contribution in [0.15, 0.2) is 16.9 Å². The van der Waals surface area contributed by atoms with E-state index < -0.39 is 0 Å². The Labute approximate surface area is 91.4 Å². The number of rotatable bonds is 3. The van der Waals surface area contributed by atoms with Gasteiger partial charge in [0.15, 0.2) is 12.1 Å². The lowest BCUT2D eigenvalue weighted by atomic mass is 10.1. The molecule has 0 amide bonds. The predicted molar refractivity (Wildman–Crippen MR) is 56.4 cm³/mol. The molecule has 1 N–H and O–H groups in total. The molecule has 0 aliphatic heterocycles. The highest BCUT2D eigenvalue weighted by molar-refractivity contribution is 5.99. The van der Waals surface area contributed by atoms with Crippen LogP contribution in [0.2, 0.25) is 0 Å². The summed E-state index contributed by atoms with van der Waals surface area (Å²) in [4.78, 5) is 25.2. The van der Waals surface area contributed by atoms with Gasteiger partial charge in [-0.3, -0.25) is 9.59 Å². The van der Waals surface area contributed by atoms with E-state index in [9.17, 15) is 9.59 Å². The molecule has 0 aliphatic rings. The molecule has 2 aromatic rings. The normalized spacial score (nSPS) is 10.4. The first kappa shape index (κ1) is 10.4. The van der Waals surface area contributed by atoms with Gasteiger partial charge in [0.1, 0.15) is 12.0 Å². The summed E-state index contributed by atoms with van der Waals surface area (Å²) in [6.07, 6.45) is 2.12. The molecule has 0 fully saturated rings. The summed E-state index contributed by atoms with van der Waals surface area (Å²) in [5, 5.41) is 3.73. The first-order valence-corrected chi connectivity index (χ1v) is 4.74. The van der Waals surface area contributed by atoms with Crippen LogP contribution in [0.5, 0.6) is 0 Å². The maximum absolute atomic E-state index is 11.3. The van der Waals surface area contributed by atoms with Crippen molar-refractivity contribution in [2.75, 3.05) is 0 Å². The summed E-state index contributed by atoms with van der Waals surface area (Å²) in [7, 11) is 0. The smallest absolute Gasteiger partial charge is 0.176 e. The van der Waals surface area contributed by atoms with Crippen molar-refractivity contribution in [3.63, 3.8) is 0 Å². The van der Waals surface area contributed by atoms with Crippen LogP contribution in [0.3, 0.4) is 0 Å². The Morgan fingerprint density at radius 2 is 2.31 bits per heavy atom. The fourth-order valence-corrected chi connectivity index (χ4v) is 1.65. The van der Waals surface area contributed by atoms with Crippen LogP contribution >= 0.6 is 0 Å². The number of aromatic nitrogens is 2. The third kappa shape index (κ3) is 1.46. The second kappa shape index (κ2) is 3.77. The van der Waals surface area contributed by atoms with E-state index in [2.05, 4.69) is 10.1 Å². The average Bonchev–Trinajstić information content (AvgIpc) is 2.83. The largest absolute Gasteiger partial charge is 0.364 e. The molecule has 0 bridgehead atoms. The lowest BCUT2D eigenvalue weighted by Gasteiger charge is -1.91. The fraction of sp³-hybridized carbons (Fsp3) is 0.182. The molecule has 0 spiro atoms. The summed E-state index contributed by atoms with van der Waals surface area (Å²) < 4.78 is 4.71. The third-order valence-corrected chi connectivity index (χ3v) is 2.46. The zero-order chi connectivity index (χ0) is 11.7. The number of nitrogens with zero attached hydrogens (tertiary/aromatic N) is 1. The van der Waals surface area contributed by atoms with Gasteiger partial charge < -0.3 is 9.51 Å². The van der Waals surface area contributed by atoms with Crippen LogP contribution in [0, 0.1) is 6.92 Å². The lowest BCUT2D eigenvalue weighted by Crippen LogP contribution is -1.94. The molecular formula is C11H10N2O3. The molecule has 0 unspecified atom stereocenters. The maximum Gasteiger partial charge on any atom is 0.176 e. The Balaban J connectivity index is 2.66. The number of hydrogen-bond acceptors (Lipinski definition) is 4. The van der Waals surface area contributed by atoms with Crippen molar-refractivity contribution < 1.29 is 14.1 Å². The van der Waals surface area contributed by atoms with Crippen molar-refractivity contribution in [2.24, 2.45) is 0 Å². The van der Waals surface area contributed by atoms with Crippen molar-refractivity contribution in [2.45, 2.75) is 13.8 Å². The molecule has 0 saturated carbocycles. The topological polar surface area (TPSA) is 76.0 Å². The number of H-pyrrole nitrogens is 1. The quantitative estimate of drug-likeness (QED) is 0.631. The van der Waals surface area contributed by atoms with Crippen LogP contribution in [0.1, 0.15) is 33.3 Å². The molecule has 0 aromatic carbocycles. The zero-order valence-electron chi connectivity index (χ0n) is 8.90. The molecule has 2 heterocycles. The number of carbonyl (C=O) groups is 2. The molecule has 2 rings (SSSR count). The molecule has 16 heavy (non-hydrogen) atoms. The van der Waals surface area contributed by atoms with E-state index >= 15 is 0 Å². The van der Waals surface area contributed by atoms with Gasteiger partial charge in [-0.2, -0.15) is 0 Å². The van der Waals surface area contributed by atoms with Crippen LogP contribution in [-0.4, -0.2) is 22.2 Å². The summed E-state index contributed by atoms with van der Waals surface area (Å²) in [5.74, 6) is -0.115. The van der Waals surface area contributed by atoms with Crippen LogP contribution in [0.25, 0.3) is 11.4 Å². The zero-order valence-corrected chi connectivity index (χ0v) is 8.90. The van der Waals surface area contributed by atoms with Gasteiger partial charge >= 0.3 is 0 Å². The molecule has 5 heteroatoms. The molecule has 0 atom stereocenters. The Morgan fingerprint density at radius 1 is 1.56 bits per heavy atom. The average molecular weight is 218 g/mol. The summed E-state index contributed by atoms with van der Waals surface area (Å²) in [5.41, 5.74) is 2.55. The second-order valence-corrected chi connectivity index (χ2v) is 3.47. The highest BCUT2D eigenvalue weighted by atomic mass is 16.5. The van der Waals surface area contributed by atoms with E-state index in [-0.39, 0.29) is 5.78 Å². The minimum atomic E-state index is -0.115. The van der Waals surface area contributed by atoms with E-state index in [4.69, 9.17) is 4.52 Å². The Hall–Kier alpha value is -2.17. The van der Waals surface area contributed by atoms with Gasteiger partial charge in [0.25, 0.3) is 0 Å². The van der Waals surface area contributed by atoms with Crippen molar-refractivity contribution in [1.29, 1.82) is 0 Å². The van der Waals surface area contributed by atoms with Crippen molar-refractivity contribution in [3.05, 3.63) is 29.2 Å². The van der Waals surface area contributed by atoms with E-state index in [1.165, 1.54) is 13.2 Å². The minimum Gasteiger partial charge on any atom is -0.364 e. The standard InChI is InChI=1S/C11H10N2O3/c1-6-8(5-14)11(9-3-4-16-13-9)12-10(6)7(2)15/h3-5,12H,1-2H3. The Bertz CT molecular complexity index is 538. The van der Waals surface area contributed by atoms with Gasteiger partial charge in [0.2, 0.25) is 0 Å². The lowest BCUT2D eigenvalue weighted by molar-refractivity contribution is 0.101. The molecule has 2 aromatic heterocycles. The molecule has 0 saturated heterocycles. The summed E-state index contributed by atoms with van der Waals surface area (Å²) in [6, 6.07) is 1.63. The van der Waals surface area contributed by atoms with E-state index in [0.29, 0.717) is 34.5 Å². The number of ketones is 1. The van der Waals surface area contributed by atoms with Gasteiger partial charge in [-0.05, 0) is 12.5 Å². The Morgan fingerprint density at radius 3 is 2.81 bits per heavy atom. The summed E-state index contributed by atoms with van der Waals surface area (Å²) >= 11 is 0. The van der Waals surface area contributed by atoms with Crippen LogP contribution in [0.4, 0.5) is 0 Å². The van der Waals surface area contributed by atoms with Gasteiger partial charge in [-0.25, -0.2) is 0 Å². The predicted octanol–water partition coefficient (Wildman–Crippen LogP) is 1.99. The molecular weight excluding hydrogens is 208 g/mol. The van der Waals surface area contributed by atoms with Gasteiger partial charge in [0.05, 0.1) is 11.4 Å². The number of carbonyl (C=O) groups excluding carboxylic acids is 2. The molecule has 0 radical (unpaired) electrons. The molecule has 5 nitrogen and oxygen atoms in total. The van der Waals surface area contributed by atoms with Gasteiger partial charge in [-0.15, -0.1) is 0 Å². The summed E-state index contributed by atoms with van der Waals surface area (Å²) in [6.45, 7) is 3.17. The van der Waals surface area contributed by atoms with E-state index in [1.54, 1.807) is 13.0 Å². The highest BCUT2D eigenvalue weighted by Crippen LogP contribution is 2.25. The van der Waals surface area contributed by atoms with Crippen molar-refractivity contribution >= 4 is 12.1 Å². The van der Waals surface area contributed by atoms with Crippen molar-refractivity contribution in [1.82, 2.24) is 10.1 Å². The minimum absolute atomic E-state index is 0.115. The first-order valence-electron chi connectivity index (χ1n) is 4.74. The van der Waals surface area contributed by atoms with Crippen LogP contribution in [-0.2, 0) is 0 Å². The number of aldehydes is 1. The van der Waals surface area contributed by atoms with E-state index in [0.717, 1.165) is 0 Å². The Kier molecular flexibility index (Phi) is 2.44. The number of nitrogens with one attached hydrogen (secondary N) is 1. The van der Waals surface area contributed by atoms with E-state index in [1.807, 2.05) is 0 Å². The van der Waals surface area contributed by atoms with Crippen LogP contribution < -0.4 is 0 Å². The monoisotopic (exact) mass is 218 g/mol. The molecule has 82 valence electrons. The van der Waals surface area contributed by atoms with Crippen molar-refractivity contribution in [3.8, 4) is 11.4 Å². The number of aromatic amines is 1. The second-order valence-electron chi connectivity index (χ2n) is 3.47. The highest BCUT2D eigenvalue weighted by Gasteiger charge is 2.18. The first-order chi connectivity index (χ1) is 7.65. The van der Waals surface area contributed by atoms with Gasteiger partial charge in [-0.1, -0.05) is 5.16 Å². The molecule has 0 aliphatic carbocycles.